The van der Waals surface area contributed by atoms with Crippen molar-refractivity contribution in [3.05, 3.63) is 0 Å². The fraction of sp³-hybridized carbons (Fsp3) is 1.00. The molecule has 122 valence electrons. The minimum atomic E-state index is 0.272. The van der Waals surface area contributed by atoms with Gasteiger partial charge in [0.05, 0.1) is 0 Å². The van der Waals surface area contributed by atoms with Gasteiger partial charge < -0.3 is 10.2 Å². The number of nitrogens with one attached hydrogen (secondary N) is 1. The van der Waals surface area contributed by atoms with Crippen molar-refractivity contribution in [1.82, 2.24) is 10.2 Å². The Balaban J connectivity index is 1.46. The summed E-state index contributed by atoms with van der Waals surface area (Å²) < 4.78 is 0. The molecule has 1 N–H and O–H groups in total. The Bertz CT molecular complexity index is 328. The fourth-order valence-electron chi connectivity index (χ4n) is 4.84. The third-order valence-electron chi connectivity index (χ3n) is 6.51. The largest absolute Gasteiger partial charge is 0.312 e. The van der Waals surface area contributed by atoms with Gasteiger partial charge in [-0.3, -0.25) is 0 Å². The molecule has 2 saturated carbocycles. The van der Waals surface area contributed by atoms with E-state index in [9.17, 15) is 0 Å². The van der Waals surface area contributed by atoms with E-state index >= 15 is 0 Å². The van der Waals surface area contributed by atoms with Crippen molar-refractivity contribution < 1.29 is 0 Å². The van der Waals surface area contributed by atoms with Crippen LogP contribution in [-0.2, 0) is 0 Å². The molecule has 1 aliphatic heterocycles. The number of rotatable bonds is 3. The first-order valence-electron chi connectivity index (χ1n) is 9.47. The molecule has 0 aromatic heterocycles. The standard InChI is InChI=1S/C19H36N2/c1-18(2,3)20-15-16-7-8-17(16)21-13-11-19(12-14-21)9-5-4-6-10-19/h16-17,20H,4-15H2,1-3H3. The summed E-state index contributed by atoms with van der Waals surface area (Å²) in [5, 5.41) is 3.72. The first kappa shape index (κ1) is 15.8. The van der Waals surface area contributed by atoms with Crippen LogP contribution < -0.4 is 5.32 Å². The van der Waals surface area contributed by atoms with E-state index in [1.54, 1.807) is 0 Å². The summed E-state index contributed by atoms with van der Waals surface area (Å²) >= 11 is 0. The molecule has 0 aromatic rings. The first-order chi connectivity index (χ1) is 9.98. The summed E-state index contributed by atoms with van der Waals surface area (Å²) in [7, 11) is 0. The van der Waals surface area contributed by atoms with Gasteiger partial charge in [0.25, 0.3) is 0 Å². The molecule has 1 spiro atoms. The third kappa shape index (κ3) is 3.82. The van der Waals surface area contributed by atoms with E-state index in [-0.39, 0.29) is 5.54 Å². The number of hydrogen-bond donors (Lipinski definition) is 1. The van der Waals surface area contributed by atoms with Crippen LogP contribution in [-0.4, -0.2) is 36.1 Å². The van der Waals surface area contributed by atoms with Crippen LogP contribution in [0.3, 0.4) is 0 Å². The van der Waals surface area contributed by atoms with Crippen LogP contribution in [0.2, 0.25) is 0 Å². The van der Waals surface area contributed by atoms with Crippen molar-refractivity contribution in [3.63, 3.8) is 0 Å². The van der Waals surface area contributed by atoms with E-state index in [2.05, 4.69) is 31.0 Å². The summed E-state index contributed by atoms with van der Waals surface area (Å²) in [6, 6.07) is 0.890. The van der Waals surface area contributed by atoms with Crippen molar-refractivity contribution >= 4 is 0 Å². The highest BCUT2D eigenvalue weighted by molar-refractivity contribution is 4.96. The van der Waals surface area contributed by atoms with Gasteiger partial charge in [-0.15, -0.1) is 0 Å². The molecule has 3 aliphatic rings. The van der Waals surface area contributed by atoms with E-state index in [4.69, 9.17) is 0 Å². The second-order valence-corrected chi connectivity index (χ2v) is 9.13. The van der Waals surface area contributed by atoms with Crippen molar-refractivity contribution in [2.75, 3.05) is 19.6 Å². The number of likely N-dealkylation sites (tertiary alicyclic amines) is 1. The highest BCUT2D eigenvalue weighted by Crippen LogP contribution is 2.46. The van der Waals surface area contributed by atoms with Gasteiger partial charge in [0.2, 0.25) is 0 Å². The van der Waals surface area contributed by atoms with Crippen LogP contribution in [0.4, 0.5) is 0 Å². The Kier molecular flexibility index (Phi) is 4.66. The third-order valence-corrected chi connectivity index (χ3v) is 6.51. The maximum Gasteiger partial charge on any atom is 0.0136 e. The van der Waals surface area contributed by atoms with Gasteiger partial charge in [0.15, 0.2) is 0 Å². The van der Waals surface area contributed by atoms with Crippen molar-refractivity contribution in [1.29, 1.82) is 0 Å². The van der Waals surface area contributed by atoms with Crippen LogP contribution in [0.25, 0.3) is 0 Å². The van der Waals surface area contributed by atoms with Gasteiger partial charge in [-0.05, 0) is 90.3 Å². The number of nitrogens with zero attached hydrogens (tertiary/aromatic N) is 1. The van der Waals surface area contributed by atoms with Crippen LogP contribution in [0.5, 0.6) is 0 Å². The summed E-state index contributed by atoms with van der Waals surface area (Å²) in [6.45, 7) is 10.8. The molecular weight excluding hydrogens is 256 g/mol. The summed E-state index contributed by atoms with van der Waals surface area (Å²) in [4.78, 5) is 2.85. The Morgan fingerprint density at radius 1 is 0.952 bits per heavy atom. The first-order valence-corrected chi connectivity index (χ1v) is 9.47. The minimum Gasteiger partial charge on any atom is -0.312 e. The molecule has 2 heteroatoms. The Labute approximate surface area is 132 Å². The number of hydrogen-bond acceptors (Lipinski definition) is 2. The quantitative estimate of drug-likeness (QED) is 0.838. The highest BCUT2D eigenvalue weighted by atomic mass is 15.2. The lowest BCUT2D eigenvalue weighted by molar-refractivity contribution is -0.00597. The summed E-state index contributed by atoms with van der Waals surface area (Å²) in [5.41, 5.74) is 1.03. The predicted molar refractivity (Wildman–Crippen MR) is 90.6 cm³/mol. The molecule has 3 fully saturated rings. The van der Waals surface area contributed by atoms with E-state index in [0.717, 1.165) is 17.4 Å². The van der Waals surface area contributed by atoms with Gasteiger partial charge in [-0.25, -0.2) is 0 Å². The SMILES string of the molecule is CC(C)(C)NCC1CCC1N1CCC2(CCCCC2)CC1. The van der Waals surface area contributed by atoms with Gasteiger partial charge in [0, 0.05) is 11.6 Å². The predicted octanol–water partition coefficient (Wildman–Crippen LogP) is 4.20. The second kappa shape index (κ2) is 6.20. The van der Waals surface area contributed by atoms with Crippen molar-refractivity contribution in [3.8, 4) is 0 Å². The molecule has 2 nitrogen and oxygen atoms in total. The molecule has 2 atom stereocenters. The zero-order valence-electron chi connectivity index (χ0n) is 14.6. The zero-order valence-corrected chi connectivity index (χ0v) is 14.6. The smallest absolute Gasteiger partial charge is 0.0136 e. The molecule has 0 aromatic carbocycles. The normalized spacial score (nSPS) is 33.9. The highest BCUT2D eigenvalue weighted by Gasteiger charge is 2.41. The van der Waals surface area contributed by atoms with Gasteiger partial charge >= 0.3 is 0 Å². The fourth-order valence-corrected chi connectivity index (χ4v) is 4.84. The van der Waals surface area contributed by atoms with Gasteiger partial charge in [-0.2, -0.15) is 0 Å². The maximum absolute atomic E-state index is 3.72. The van der Waals surface area contributed by atoms with Crippen molar-refractivity contribution in [2.45, 2.75) is 90.1 Å². The maximum atomic E-state index is 3.72. The Morgan fingerprint density at radius 3 is 2.14 bits per heavy atom. The van der Waals surface area contributed by atoms with Crippen LogP contribution in [0.1, 0.15) is 78.6 Å². The molecule has 2 aliphatic carbocycles. The lowest BCUT2D eigenvalue weighted by atomic mass is 9.67. The lowest BCUT2D eigenvalue weighted by Gasteiger charge is -2.51. The monoisotopic (exact) mass is 292 g/mol. The van der Waals surface area contributed by atoms with E-state index in [1.807, 2.05) is 0 Å². The molecule has 2 unspecified atom stereocenters. The van der Waals surface area contributed by atoms with Crippen LogP contribution in [0, 0.1) is 11.3 Å². The van der Waals surface area contributed by atoms with Crippen LogP contribution >= 0.6 is 0 Å². The second-order valence-electron chi connectivity index (χ2n) is 9.13. The topological polar surface area (TPSA) is 15.3 Å². The molecule has 3 rings (SSSR count). The van der Waals surface area contributed by atoms with E-state index in [0.29, 0.717) is 0 Å². The van der Waals surface area contributed by atoms with Crippen molar-refractivity contribution in [2.24, 2.45) is 11.3 Å². The Morgan fingerprint density at radius 2 is 1.62 bits per heavy atom. The summed E-state index contributed by atoms with van der Waals surface area (Å²) in [6.07, 6.45) is 13.4. The lowest BCUT2D eigenvalue weighted by Crippen LogP contribution is -2.55. The average molecular weight is 293 g/mol. The van der Waals surface area contributed by atoms with Gasteiger partial charge in [-0.1, -0.05) is 19.3 Å². The van der Waals surface area contributed by atoms with E-state index < -0.39 is 0 Å². The minimum absolute atomic E-state index is 0.272. The molecule has 1 saturated heterocycles. The van der Waals surface area contributed by atoms with Crippen LogP contribution in [0.15, 0.2) is 0 Å². The number of piperidine rings is 1. The average Bonchev–Trinajstić information content (AvgIpc) is 2.40. The molecule has 1 heterocycles. The Hall–Kier alpha value is -0.0800. The van der Waals surface area contributed by atoms with Gasteiger partial charge in [0.1, 0.15) is 0 Å². The molecule has 21 heavy (non-hydrogen) atoms. The summed E-state index contributed by atoms with van der Waals surface area (Å²) in [5.74, 6) is 0.907. The molecule has 0 amide bonds. The molecular formula is C19H36N2. The zero-order chi connectivity index (χ0) is 14.9. The van der Waals surface area contributed by atoms with E-state index in [1.165, 1.54) is 77.4 Å². The molecule has 0 radical (unpaired) electrons. The molecule has 0 bridgehead atoms.